The Balaban J connectivity index is 2.26. The van der Waals surface area contributed by atoms with E-state index in [2.05, 4.69) is 21.2 Å². The average molecular weight is 347 g/mol. The van der Waals surface area contributed by atoms with Crippen LogP contribution in [-0.2, 0) is 0 Å². The molecule has 0 aliphatic rings. The molecule has 98 valence electrons. The van der Waals surface area contributed by atoms with Gasteiger partial charge in [0.2, 0.25) is 0 Å². The minimum atomic E-state index is -1.03. The van der Waals surface area contributed by atoms with Gasteiger partial charge in [0.25, 0.3) is 5.91 Å². The normalized spacial score (nSPS) is 10.3. The van der Waals surface area contributed by atoms with E-state index < -0.39 is 17.5 Å². The minimum Gasteiger partial charge on any atom is -0.322 e. The van der Waals surface area contributed by atoms with Gasteiger partial charge in [-0.25, -0.2) is 8.78 Å². The highest BCUT2D eigenvalue weighted by atomic mass is 79.9. The minimum absolute atomic E-state index is 0.153. The van der Waals surface area contributed by atoms with E-state index in [1.165, 1.54) is 12.1 Å². The maximum Gasteiger partial charge on any atom is 0.257 e. The number of rotatable bonds is 2. The molecule has 1 amide bonds. The van der Waals surface area contributed by atoms with Gasteiger partial charge in [-0.3, -0.25) is 4.79 Å². The molecule has 0 atom stereocenters. The third-order valence-corrected chi connectivity index (χ3v) is 3.67. The highest BCUT2D eigenvalue weighted by molar-refractivity contribution is 9.10. The molecule has 2 rings (SSSR count). The second-order valence-corrected chi connectivity index (χ2v) is 4.92. The zero-order chi connectivity index (χ0) is 14.0. The molecule has 1 N–H and O–H groups in total. The Bertz CT molecular complexity index is 649. The van der Waals surface area contributed by atoms with E-state index in [4.69, 9.17) is 11.6 Å². The first kappa shape index (κ1) is 14.0. The number of benzene rings is 2. The van der Waals surface area contributed by atoms with E-state index >= 15 is 0 Å². The van der Waals surface area contributed by atoms with Crippen LogP contribution < -0.4 is 5.32 Å². The Kier molecular flexibility index (Phi) is 4.17. The molecule has 2 aromatic rings. The van der Waals surface area contributed by atoms with Crippen LogP contribution in [0.1, 0.15) is 10.4 Å². The molecular weight excluding hydrogens is 340 g/mol. The van der Waals surface area contributed by atoms with Gasteiger partial charge in [0.05, 0.1) is 10.6 Å². The highest BCUT2D eigenvalue weighted by Gasteiger charge is 2.13. The lowest BCUT2D eigenvalue weighted by Crippen LogP contribution is -2.12. The second kappa shape index (κ2) is 5.67. The first-order valence-corrected chi connectivity index (χ1v) is 6.36. The van der Waals surface area contributed by atoms with Crippen molar-refractivity contribution in [1.82, 2.24) is 0 Å². The number of halogens is 4. The summed E-state index contributed by atoms with van der Waals surface area (Å²) in [7, 11) is 0. The van der Waals surface area contributed by atoms with Crippen molar-refractivity contribution in [3.63, 3.8) is 0 Å². The maximum absolute atomic E-state index is 13.0. The summed E-state index contributed by atoms with van der Waals surface area (Å²) in [6.45, 7) is 0. The Labute approximate surface area is 121 Å². The van der Waals surface area contributed by atoms with Crippen molar-refractivity contribution in [2.75, 3.05) is 5.32 Å². The molecule has 0 saturated carbocycles. The second-order valence-electron chi connectivity index (χ2n) is 3.68. The quantitative estimate of drug-likeness (QED) is 0.844. The molecule has 0 bridgehead atoms. The van der Waals surface area contributed by atoms with Crippen LogP contribution >= 0.6 is 27.5 Å². The van der Waals surface area contributed by atoms with Gasteiger partial charge in [-0.05, 0) is 40.2 Å². The zero-order valence-electron chi connectivity index (χ0n) is 9.38. The van der Waals surface area contributed by atoms with Gasteiger partial charge >= 0.3 is 0 Å². The molecule has 0 fully saturated rings. The van der Waals surface area contributed by atoms with Crippen molar-refractivity contribution in [1.29, 1.82) is 0 Å². The lowest BCUT2D eigenvalue weighted by molar-refractivity contribution is 0.102. The van der Waals surface area contributed by atoms with Crippen LogP contribution in [0, 0.1) is 11.6 Å². The van der Waals surface area contributed by atoms with Gasteiger partial charge in [0.15, 0.2) is 11.6 Å². The lowest BCUT2D eigenvalue weighted by Gasteiger charge is -2.08. The van der Waals surface area contributed by atoms with Crippen LogP contribution in [0.2, 0.25) is 5.02 Å². The number of hydrogen-bond donors (Lipinski definition) is 1. The van der Waals surface area contributed by atoms with Crippen molar-refractivity contribution in [3.05, 3.63) is 63.1 Å². The predicted molar refractivity (Wildman–Crippen MR) is 73.5 cm³/mol. The Morgan fingerprint density at radius 1 is 1.16 bits per heavy atom. The molecule has 0 unspecified atom stereocenters. The fourth-order valence-electron chi connectivity index (χ4n) is 1.45. The molecule has 2 aromatic carbocycles. The first-order chi connectivity index (χ1) is 8.99. The Hall–Kier alpha value is -1.46. The van der Waals surface area contributed by atoms with Crippen LogP contribution in [0.25, 0.3) is 0 Å². The van der Waals surface area contributed by atoms with E-state index in [0.29, 0.717) is 4.47 Å². The number of nitrogens with one attached hydrogen (secondary N) is 1. The van der Waals surface area contributed by atoms with Gasteiger partial charge < -0.3 is 5.32 Å². The number of amides is 1. The van der Waals surface area contributed by atoms with Crippen LogP contribution in [0.3, 0.4) is 0 Å². The predicted octanol–water partition coefficient (Wildman–Crippen LogP) is 4.63. The van der Waals surface area contributed by atoms with Crippen LogP contribution in [-0.4, -0.2) is 5.91 Å². The lowest BCUT2D eigenvalue weighted by atomic mass is 10.2. The van der Waals surface area contributed by atoms with Crippen LogP contribution in [0.4, 0.5) is 14.5 Å². The first-order valence-electron chi connectivity index (χ1n) is 5.19. The standard InChI is InChI=1S/C13H7BrClF2NO/c14-9-3-1-2-8(12(9)15)13(19)18-7-4-5-10(16)11(17)6-7/h1-6H,(H,18,19). The summed E-state index contributed by atoms with van der Waals surface area (Å²) < 4.78 is 26.4. The van der Waals surface area contributed by atoms with Crippen molar-refractivity contribution >= 4 is 39.1 Å². The van der Waals surface area contributed by atoms with Crippen LogP contribution in [0.5, 0.6) is 0 Å². The third-order valence-electron chi connectivity index (χ3n) is 2.37. The fourth-order valence-corrected chi connectivity index (χ4v) is 2.03. The monoisotopic (exact) mass is 345 g/mol. The fraction of sp³-hybridized carbons (Fsp3) is 0. The summed E-state index contributed by atoms with van der Waals surface area (Å²) in [6.07, 6.45) is 0. The highest BCUT2D eigenvalue weighted by Crippen LogP contribution is 2.26. The zero-order valence-corrected chi connectivity index (χ0v) is 11.7. The summed E-state index contributed by atoms with van der Waals surface area (Å²) >= 11 is 9.17. The van der Waals surface area contributed by atoms with Crippen molar-refractivity contribution < 1.29 is 13.6 Å². The van der Waals surface area contributed by atoms with Crippen LogP contribution in [0.15, 0.2) is 40.9 Å². The van der Waals surface area contributed by atoms with Crippen molar-refractivity contribution in [2.24, 2.45) is 0 Å². The maximum atomic E-state index is 13.0. The average Bonchev–Trinajstić information content (AvgIpc) is 2.37. The SMILES string of the molecule is O=C(Nc1ccc(F)c(F)c1)c1cccc(Br)c1Cl. The summed E-state index contributed by atoms with van der Waals surface area (Å²) in [5, 5.41) is 2.70. The van der Waals surface area contributed by atoms with Crippen molar-refractivity contribution in [3.8, 4) is 0 Å². The largest absolute Gasteiger partial charge is 0.322 e. The molecule has 0 aliphatic carbocycles. The number of anilines is 1. The molecule has 0 saturated heterocycles. The van der Waals surface area contributed by atoms with Gasteiger partial charge in [0.1, 0.15) is 0 Å². The van der Waals surface area contributed by atoms with Gasteiger partial charge in [-0.2, -0.15) is 0 Å². The van der Waals surface area contributed by atoms with E-state index in [1.54, 1.807) is 12.1 Å². The number of carbonyl (C=O) groups excluding carboxylic acids is 1. The summed E-state index contributed by atoms with van der Waals surface area (Å²) in [6, 6.07) is 7.98. The summed E-state index contributed by atoms with van der Waals surface area (Å²) in [4.78, 5) is 12.0. The van der Waals surface area contributed by atoms with Gasteiger partial charge in [-0.15, -0.1) is 0 Å². The molecule has 2 nitrogen and oxygen atoms in total. The van der Waals surface area contributed by atoms with E-state index in [1.807, 2.05) is 0 Å². The Morgan fingerprint density at radius 2 is 1.89 bits per heavy atom. The van der Waals surface area contributed by atoms with E-state index in [0.717, 1.165) is 12.1 Å². The van der Waals surface area contributed by atoms with Crippen molar-refractivity contribution in [2.45, 2.75) is 0 Å². The molecule has 0 spiro atoms. The van der Waals surface area contributed by atoms with Gasteiger partial charge in [0, 0.05) is 16.2 Å². The molecule has 0 aliphatic heterocycles. The molecule has 0 heterocycles. The summed E-state index contributed by atoms with van der Waals surface area (Å²) in [5.41, 5.74) is 0.390. The van der Waals surface area contributed by atoms with E-state index in [-0.39, 0.29) is 16.3 Å². The molecule has 6 heteroatoms. The summed E-state index contributed by atoms with van der Waals surface area (Å²) in [5.74, 6) is -2.51. The molecular formula is C13H7BrClF2NO. The topological polar surface area (TPSA) is 29.1 Å². The molecule has 0 radical (unpaired) electrons. The molecule has 19 heavy (non-hydrogen) atoms. The number of hydrogen-bond acceptors (Lipinski definition) is 1. The number of carbonyl (C=O) groups is 1. The Morgan fingerprint density at radius 3 is 2.58 bits per heavy atom. The molecule has 0 aromatic heterocycles. The van der Waals surface area contributed by atoms with E-state index in [9.17, 15) is 13.6 Å². The van der Waals surface area contributed by atoms with Gasteiger partial charge in [-0.1, -0.05) is 17.7 Å². The third kappa shape index (κ3) is 3.11. The smallest absolute Gasteiger partial charge is 0.257 e.